The van der Waals surface area contributed by atoms with E-state index in [0.29, 0.717) is 12.1 Å². The topological polar surface area (TPSA) is 90.1 Å². The number of amides is 2. The molecule has 2 fully saturated rings. The second-order valence-corrected chi connectivity index (χ2v) is 8.48. The molecule has 1 aromatic carbocycles. The van der Waals surface area contributed by atoms with Crippen LogP contribution in [-0.4, -0.2) is 38.9 Å². The summed E-state index contributed by atoms with van der Waals surface area (Å²) < 4.78 is 0. The number of benzene rings is 1. The van der Waals surface area contributed by atoms with Crippen molar-refractivity contribution < 1.29 is 9.59 Å². The molecule has 3 aliphatic rings. The second-order valence-electron chi connectivity index (χ2n) is 8.48. The molecule has 3 unspecified atom stereocenters. The van der Waals surface area contributed by atoms with E-state index in [2.05, 4.69) is 47.1 Å². The Bertz CT molecular complexity index is 1050. The lowest BCUT2D eigenvalue weighted by Gasteiger charge is -2.43. The molecule has 5 rings (SSSR count). The zero-order valence-electron chi connectivity index (χ0n) is 16.4. The van der Waals surface area contributed by atoms with Gasteiger partial charge in [-0.3, -0.25) is 9.59 Å². The van der Waals surface area contributed by atoms with Gasteiger partial charge in [-0.2, -0.15) is 0 Å². The molecule has 0 radical (unpaired) electrons. The van der Waals surface area contributed by atoms with E-state index in [1.807, 2.05) is 24.3 Å². The maximum Gasteiger partial charge on any atom is 0.272 e. The highest BCUT2D eigenvalue weighted by Crippen LogP contribution is 2.60. The Labute approximate surface area is 168 Å². The fourth-order valence-electron chi connectivity index (χ4n) is 5.16. The number of nitrogens with one attached hydrogen (secondary N) is 3. The minimum Gasteiger partial charge on any atom is -0.364 e. The first-order valence-corrected chi connectivity index (χ1v) is 9.72. The highest BCUT2D eigenvalue weighted by atomic mass is 16.2. The summed E-state index contributed by atoms with van der Waals surface area (Å²) in [4.78, 5) is 35.1. The van der Waals surface area contributed by atoms with E-state index in [4.69, 9.17) is 0 Å². The van der Waals surface area contributed by atoms with E-state index >= 15 is 0 Å². The Kier molecular flexibility index (Phi) is 3.56. The minimum absolute atomic E-state index is 0.164. The van der Waals surface area contributed by atoms with Gasteiger partial charge in [0.25, 0.3) is 5.91 Å². The number of allylic oxidation sites excluding steroid dienone is 1. The van der Waals surface area contributed by atoms with Crippen LogP contribution in [0.1, 0.15) is 31.5 Å². The zero-order valence-corrected chi connectivity index (χ0v) is 16.4. The van der Waals surface area contributed by atoms with E-state index in [9.17, 15) is 9.59 Å². The SMILES string of the molecule is C=CC(C)(C)C12CC3C(=O)N/C(=C/c4cnc[nH]4)C(=O)N3C1Nc1ccccc12. The molecule has 0 spiro atoms. The molecule has 29 heavy (non-hydrogen) atoms. The molecular weight excluding hydrogens is 366 g/mol. The first kappa shape index (κ1) is 17.7. The number of hydrogen-bond acceptors (Lipinski definition) is 4. The van der Waals surface area contributed by atoms with Crippen LogP contribution in [0, 0.1) is 5.41 Å². The van der Waals surface area contributed by atoms with Gasteiger partial charge in [-0.1, -0.05) is 38.1 Å². The number of fused-ring (bicyclic) bond motifs is 5. The van der Waals surface area contributed by atoms with Gasteiger partial charge in [-0.15, -0.1) is 6.58 Å². The van der Waals surface area contributed by atoms with Crippen LogP contribution in [0.3, 0.4) is 0 Å². The van der Waals surface area contributed by atoms with Gasteiger partial charge in [-0.25, -0.2) is 4.98 Å². The third kappa shape index (κ3) is 2.21. The highest BCUT2D eigenvalue weighted by Gasteiger charge is 2.66. The monoisotopic (exact) mass is 389 g/mol. The zero-order chi connectivity index (χ0) is 20.4. The summed E-state index contributed by atoms with van der Waals surface area (Å²) in [6.07, 6.45) is 6.91. The first-order valence-electron chi connectivity index (χ1n) is 9.72. The van der Waals surface area contributed by atoms with Gasteiger partial charge < -0.3 is 20.5 Å². The number of H-pyrrole nitrogens is 1. The van der Waals surface area contributed by atoms with Crippen molar-refractivity contribution in [3.63, 3.8) is 0 Å². The standard InChI is InChI=1S/C22H23N5O2/c1-4-21(2,3)22-10-17-18(28)25-16(9-13-11-23-12-24-13)19(29)27(17)20(22)26-15-8-6-5-7-14(15)22/h4-9,11-12,17,20,26H,1,10H2,2-3H3,(H,23,24)(H,25,28)/b16-9+. The van der Waals surface area contributed by atoms with E-state index in [1.54, 1.807) is 17.2 Å². The molecule has 4 heterocycles. The molecule has 0 bridgehead atoms. The molecule has 0 aliphatic carbocycles. The van der Waals surface area contributed by atoms with Crippen LogP contribution < -0.4 is 10.6 Å². The van der Waals surface area contributed by atoms with Crippen LogP contribution in [-0.2, 0) is 15.0 Å². The van der Waals surface area contributed by atoms with E-state index in [-0.39, 0.29) is 29.1 Å². The Morgan fingerprint density at radius 2 is 2.10 bits per heavy atom. The summed E-state index contributed by atoms with van der Waals surface area (Å²) in [6, 6.07) is 7.57. The van der Waals surface area contributed by atoms with Crippen molar-refractivity contribution in [2.75, 3.05) is 5.32 Å². The van der Waals surface area contributed by atoms with Gasteiger partial charge in [0, 0.05) is 11.1 Å². The predicted octanol–water partition coefficient (Wildman–Crippen LogP) is 2.38. The summed E-state index contributed by atoms with van der Waals surface area (Å²) in [5.41, 5.74) is 2.24. The van der Waals surface area contributed by atoms with Crippen molar-refractivity contribution in [3.8, 4) is 0 Å². The Morgan fingerprint density at radius 3 is 2.83 bits per heavy atom. The van der Waals surface area contributed by atoms with Gasteiger partial charge in [0.2, 0.25) is 5.91 Å². The van der Waals surface area contributed by atoms with Crippen LogP contribution >= 0.6 is 0 Å². The Hall–Kier alpha value is -3.35. The average molecular weight is 389 g/mol. The molecule has 7 heteroatoms. The molecule has 7 nitrogen and oxygen atoms in total. The number of carbonyl (C=O) groups excluding carboxylic acids is 2. The van der Waals surface area contributed by atoms with Gasteiger partial charge in [-0.05, 0) is 29.5 Å². The van der Waals surface area contributed by atoms with Crippen LogP contribution in [0.25, 0.3) is 6.08 Å². The number of aromatic nitrogens is 2. The summed E-state index contributed by atoms with van der Waals surface area (Å²) >= 11 is 0. The molecule has 2 saturated heterocycles. The lowest BCUT2D eigenvalue weighted by Crippen LogP contribution is -2.59. The fourth-order valence-corrected chi connectivity index (χ4v) is 5.16. The Balaban J connectivity index is 1.65. The van der Waals surface area contributed by atoms with Crippen molar-refractivity contribution in [1.82, 2.24) is 20.2 Å². The lowest BCUT2D eigenvalue weighted by atomic mass is 9.60. The highest BCUT2D eigenvalue weighted by molar-refractivity contribution is 6.08. The quantitative estimate of drug-likeness (QED) is 0.555. The predicted molar refractivity (Wildman–Crippen MR) is 109 cm³/mol. The van der Waals surface area contributed by atoms with Gasteiger partial charge in [0.05, 0.1) is 18.2 Å². The lowest BCUT2D eigenvalue weighted by molar-refractivity contribution is -0.141. The summed E-state index contributed by atoms with van der Waals surface area (Å²) in [5.74, 6) is -0.362. The van der Waals surface area contributed by atoms with E-state index < -0.39 is 11.5 Å². The van der Waals surface area contributed by atoms with Crippen LogP contribution in [0.2, 0.25) is 0 Å². The van der Waals surface area contributed by atoms with Crippen LogP contribution in [0.15, 0.2) is 55.1 Å². The third-order valence-electron chi connectivity index (χ3n) is 6.80. The van der Waals surface area contributed by atoms with Crippen molar-refractivity contribution in [2.24, 2.45) is 5.41 Å². The third-order valence-corrected chi connectivity index (χ3v) is 6.80. The Morgan fingerprint density at radius 1 is 1.31 bits per heavy atom. The first-order chi connectivity index (χ1) is 13.9. The minimum atomic E-state index is -0.536. The van der Waals surface area contributed by atoms with Gasteiger partial charge in [0.1, 0.15) is 17.9 Å². The second kappa shape index (κ2) is 5.83. The summed E-state index contributed by atoms with van der Waals surface area (Å²) in [7, 11) is 0. The van der Waals surface area contributed by atoms with Crippen molar-refractivity contribution >= 4 is 23.6 Å². The molecule has 148 valence electrons. The van der Waals surface area contributed by atoms with Gasteiger partial charge >= 0.3 is 0 Å². The smallest absolute Gasteiger partial charge is 0.272 e. The molecule has 3 atom stereocenters. The van der Waals surface area contributed by atoms with Crippen molar-refractivity contribution in [2.45, 2.75) is 37.9 Å². The number of para-hydroxylation sites is 1. The number of carbonyl (C=O) groups is 2. The molecule has 3 N–H and O–H groups in total. The van der Waals surface area contributed by atoms with Crippen LogP contribution in [0.5, 0.6) is 0 Å². The van der Waals surface area contributed by atoms with E-state index in [1.165, 1.54) is 6.33 Å². The number of imidazole rings is 1. The van der Waals surface area contributed by atoms with Gasteiger partial charge in [0.15, 0.2) is 0 Å². The molecule has 3 aliphatic heterocycles. The summed E-state index contributed by atoms with van der Waals surface area (Å²) in [5, 5.41) is 6.34. The average Bonchev–Trinajstić information content (AvgIpc) is 3.40. The largest absolute Gasteiger partial charge is 0.364 e. The molecule has 2 amide bonds. The van der Waals surface area contributed by atoms with E-state index in [0.717, 1.165) is 11.3 Å². The molecule has 0 saturated carbocycles. The van der Waals surface area contributed by atoms with Crippen LogP contribution in [0.4, 0.5) is 5.69 Å². The fraction of sp³-hybridized carbons (Fsp3) is 0.318. The molecule has 2 aromatic rings. The maximum absolute atomic E-state index is 13.5. The normalized spacial score (nSPS) is 29.2. The number of nitrogens with zero attached hydrogens (tertiary/aromatic N) is 2. The van der Waals surface area contributed by atoms with Crippen molar-refractivity contribution in [3.05, 3.63) is 66.4 Å². The van der Waals surface area contributed by atoms with Crippen molar-refractivity contribution in [1.29, 1.82) is 0 Å². The molecular formula is C22H23N5O2. The number of aromatic amines is 1. The maximum atomic E-state index is 13.5. The molecule has 1 aromatic heterocycles. The summed E-state index contributed by atoms with van der Waals surface area (Å²) in [6.45, 7) is 8.32. The number of hydrogen-bond donors (Lipinski definition) is 3. The number of anilines is 1. The number of piperazine rings is 1. The number of rotatable bonds is 3.